The van der Waals surface area contributed by atoms with Crippen molar-refractivity contribution in [1.82, 2.24) is 5.23 Å². The molecule has 0 amide bonds. The van der Waals surface area contributed by atoms with E-state index in [0.29, 0.717) is 6.85 Å². The van der Waals surface area contributed by atoms with Gasteiger partial charge in [0.2, 0.25) is 0 Å². The van der Waals surface area contributed by atoms with Crippen molar-refractivity contribution in [1.29, 1.82) is 5.26 Å². The van der Waals surface area contributed by atoms with Crippen molar-refractivity contribution < 1.29 is 0 Å². The van der Waals surface area contributed by atoms with E-state index in [2.05, 4.69) is 11.4 Å². The second-order valence-electron chi connectivity index (χ2n) is 4.16. The van der Waals surface area contributed by atoms with Crippen molar-refractivity contribution in [3.63, 3.8) is 0 Å². The van der Waals surface area contributed by atoms with Crippen molar-refractivity contribution >= 4 is 6.85 Å². The van der Waals surface area contributed by atoms with Crippen LogP contribution in [0.15, 0.2) is 0 Å². The lowest BCUT2D eigenvalue weighted by Crippen LogP contribution is -2.44. The van der Waals surface area contributed by atoms with Gasteiger partial charge in [0.1, 0.15) is 0 Å². The molecule has 2 rings (SSSR count). The van der Waals surface area contributed by atoms with Crippen molar-refractivity contribution in [3.05, 3.63) is 0 Å². The molecule has 0 aromatic heterocycles. The Morgan fingerprint density at radius 3 is 2.00 bits per heavy atom. The SMILES string of the molecule is N#CNB1C2CCCC1CCC2. The predicted molar refractivity (Wildman–Crippen MR) is 49.7 cm³/mol. The zero-order valence-corrected chi connectivity index (χ0v) is 7.42. The Kier molecular flexibility index (Phi) is 2.25. The maximum absolute atomic E-state index is 8.61. The van der Waals surface area contributed by atoms with E-state index < -0.39 is 0 Å². The molecule has 3 heteroatoms. The third kappa shape index (κ3) is 1.31. The average molecular weight is 162 g/mol. The fourth-order valence-electron chi connectivity index (χ4n) is 2.99. The summed E-state index contributed by atoms with van der Waals surface area (Å²) < 4.78 is 0. The molecular formula is C9H15BN2. The highest BCUT2D eigenvalue weighted by atomic mass is 14.8. The van der Waals surface area contributed by atoms with Gasteiger partial charge in [0.25, 0.3) is 6.85 Å². The van der Waals surface area contributed by atoms with Gasteiger partial charge in [0.15, 0.2) is 6.19 Å². The van der Waals surface area contributed by atoms with Crippen LogP contribution in [-0.2, 0) is 0 Å². The third-order valence-electron chi connectivity index (χ3n) is 3.55. The summed E-state index contributed by atoms with van der Waals surface area (Å²) in [4.78, 5) is 0. The van der Waals surface area contributed by atoms with Gasteiger partial charge in [0.05, 0.1) is 0 Å². The predicted octanol–water partition coefficient (Wildman–Crippen LogP) is 2.16. The molecule has 2 bridgehead atoms. The summed E-state index contributed by atoms with van der Waals surface area (Å²) in [6, 6.07) is 0. The summed E-state index contributed by atoms with van der Waals surface area (Å²) in [6.07, 6.45) is 10.3. The fraction of sp³-hybridized carbons (Fsp3) is 0.889. The zero-order valence-electron chi connectivity index (χ0n) is 7.42. The van der Waals surface area contributed by atoms with E-state index in [1.165, 1.54) is 38.5 Å². The zero-order chi connectivity index (χ0) is 8.39. The molecule has 2 aliphatic heterocycles. The van der Waals surface area contributed by atoms with E-state index in [4.69, 9.17) is 5.26 Å². The Morgan fingerprint density at radius 1 is 1.08 bits per heavy atom. The first-order valence-electron chi connectivity index (χ1n) is 5.06. The number of hydrogen-bond acceptors (Lipinski definition) is 2. The Morgan fingerprint density at radius 2 is 1.58 bits per heavy atom. The Hall–Kier alpha value is -0.645. The minimum atomic E-state index is 0.525. The molecule has 0 aromatic rings. The number of fused-ring (bicyclic) bond motifs is 2. The third-order valence-corrected chi connectivity index (χ3v) is 3.55. The van der Waals surface area contributed by atoms with Crippen LogP contribution < -0.4 is 5.23 Å². The van der Waals surface area contributed by atoms with E-state index in [1.807, 2.05) is 0 Å². The number of nitrogens with zero attached hydrogens (tertiary/aromatic N) is 1. The summed E-state index contributed by atoms with van der Waals surface area (Å²) >= 11 is 0. The summed E-state index contributed by atoms with van der Waals surface area (Å²) in [5.74, 6) is 1.61. The molecule has 2 aliphatic rings. The summed E-state index contributed by atoms with van der Waals surface area (Å²) in [5, 5.41) is 11.6. The minimum Gasteiger partial charge on any atom is -0.366 e. The van der Waals surface area contributed by atoms with Crippen LogP contribution in [0.4, 0.5) is 0 Å². The molecule has 0 atom stereocenters. The summed E-state index contributed by atoms with van der Waals surface area (Å²) in [5.41, 5.74) is 0. The maximum atomic E-state index is 8.61. The van der Waals surface area contributed by atoms with Gasteiger partial charge in [0, 0.05) is 0 Å². The van der Waals surface area contributed by atoms with Gasteiger partial charge < -0.3 is 5.23 Å². The summed E-state index contributed by atoms with van der Waals surface area (Å²) in [7, 11) is 0. The molecule has 2 fully saturated rings. The smallest absolute Gasteiger partial charge is 0.269 e. The topological polar surface area (TPSA) is 35.8 Å². The number of nitrogens with one attached hydrogen (secondary N) is 1. The molecule has 12 heavy (non-hydrogen) atoms. The maximum Gasteiger partial charge on any atom is 0.269 e. The van der Waals surface area contributed by atoms with Gasteiger partial charge in [-0.2, -0.15) is 5.26 Å². The summed E-state index contributed by atoms with van der Waals surface area (Å²) in [6.45, 7) is 0.525. The minimum absolute atomic E-state index is 0.525. The normalized spacial score (nSPS) is 34.1. The first kappa shape index (κ1) is 7.98. The first-order chi connectivity index (χ1) is 5.92. The number of hydrogen-bond donors (Lipinski definition) is 1. The van der Waals surface area contributed by atoms with Crippen LogP contribution in [0.1, 0.15) is 38.5 Å². The molecule has 0 spiro atoms. The molecule has 0 radical (unpaired) electrons. The van der Waals surface area contributed by atoms with Crippen LogP contribution in [0.3, 0.4) is 0 Å². The van der Waals surface area contributed by atoms with Gasteiger partial charge in [-0.25, -0.2) is 0 Å². The Labute approximate surface area is 74.4 Å². The monoisotopic (exact) mass is 162 g/mol. The number of nitriles is 1. The second-order valence-corrected chi connectivity index (χ2v) is 4.16. The first-order valence-corrected chi connectivity index (χ1v) is 5.06. The molecular weight excluding hydrogens is 147 g/mol. The molecule has 2 saturated heterocycles. The Balaban J connectivity index is 2.04. The van der Waals surface area contributed by atoms with Crippen LogP contribution in [0.2, 0.25) is 11.6 Å². The average Bonchev–Trinajstić information content (AvgIpc) is 2.04. The Bertz CT molecular complexity index is 177. The van der Waals surface area contributed by atoms with Crippen LogP contribution in [0, 0.1) is 11.5 Å². The lowest BCUT2D eigenvalue weighted by Gasteiger charge is -2.38. The molecule has 0 aromatic carbocycles. The van der Waals surface area contributed by atoms with Gasteiger partial charge in [-0.1, -0.05) is 38.5 Å². The quantitative estimate of drug-likeness (QED) is 0.364. The van der Waals surface area contributed by atoms with Crippen molar-refractivity contribution in [2.24, 2.45) is 0 Å². The van der Waals surface area contributed by atoms with Gasteiger partial charge in [-0.3, -0.25) is 0 Å². The van der Waals surface area contributed by atoms with Gasteiger partial charge in [-0.05, 0) is 11.6 Å². The molecule has 2 heterocycles. The lowest BCUT2D eigenvalue weighted by molar-refractivity contribution is 0.438. The molecule has 1 N–H and O–H groups in total. The highest BCUT2D eigenvalue weighted by molar-refractivity contribution is 6.60. The van der Waals surface area contributed by atoms with Crippen molar-refractivity contribution in [3.8, 4) is 6.19 Å². The molecule has 0 aliphatic carbocycles. The molecule has 64 valence electrons. The highest BCUT2D eigenvalue weighted by Gasteiger charge is 2.39. The van der Waals surface area contributed by atoms with Crippen LogP contribution in [-0.4, -0.2) is 6.85 Å². The highest BCUT2D eigenvalue weighted by Crippen LogP contribution is 2.44. The standard InChI is InChI=1S/C9H15BN2/c11-7-12-10-8-3-1-4-9(10)6-2-5-8/h8-9,12H,1-6H2. The van der Waals surface area contributed by atoms with E-state index in [-0.39, 0.29) is 0 Å². The van der Waals surface area contributed by atoms with Crippen LogP contribution >= 0.6 is 0 Å². The molecule has 0 saturated carbocycles. The van der Waals surface area contributed by atoms with E-state index in [0.717, 1.165) is 11.6 Å². The van der Waals surface area contributed by atoms with E-state index >= 15 is 0 Å². The van der Waals surface area contributed by atoms with E-state index in [1.54, 1.807) is 0 Å². The van der Waals surface area contributed by atoms with Gasteiger partial charge >= 0.3 is 0 Å². The second kappa shape index (κ2) is 3.39. The van der Waals surface area contributed by atoms with Crippen molar-refractivity contribution in [2.45, 2.75) is 50.2 Å². The number of rotatable bonds is 1. The largest absolute Gasteiger partial charge is 0.366 e. The van der Waals surface area contributed by atoms with E-state index in [9.17, 15) is 0 Å². The van der Waals surface area contributed by atoms with Crippen LogP contribution in [0.25, 0.3) is 0 Å². The lowest BCUT2D eigenvalue weighted by atomic mass is 9.35. The molecule has 2 nitrogen and oxygen atoms in total. The van der Waals surface area contributed by atoms with Crippen molar-refractivity contribution in [2.75, 3.05) is 0 Å². The fourth-order valence-corrected chi connectivity index (χ4v) is 2.99. The van der Waals surface area contributed by atoms with Crippen LogP contribution in [0.5, 0.6) is 0 Å². The van der Waals surface area contributed by atoms with Gasteiger partial charge in [-0.15, -0.1) is 0 Å². The molecule has 0 unspecified atom stereocenters.